The van der Waals surface area contributed by atoms with Crippen LogP contribution in [0.4, 0.5) is 0 Å². The molecule has 27 nitrogen and oxygen atoms in total. The van der Waals surface area contributed by atoms with Crippen molar-refractivity contribution in [3.63, 3.8) is 0 Å². The fraction of sp³-hybridized carbons (Fsp3) is 0.895. The van der Waals surface area contributed by atoms with Crippen LogP contribution in [0, 0.1) is 0 Å². The molecule has 27 heteroatoms. The van der Waals surface area contributed by atoms with E-state index in [0.29, 0.717) is 65.6 Å². The fourth-order valence-electron chi connectivity index (χ4n) is 6.39. The number of aliphatic hydroxyl groups is 9. The lowest BCUT2D eigenvalue weighted by Crippen LogP contribution is -2.44. The van der Waals surface area contributed by atoms with Crippen molar-refractivity contribution in [1.29, 1.82) is 0 Å². The summed E-state index contributed by atoms with van der Waals surface area (Å²) in [7, 11) is 2.18. The number of piperazine rings is 2. The molecule has 0 aliphatic carbocycles. The summed E-state index contributed by atoms with van der Waals surface area (Å²) in [6, 6.07) is 9.42. The topological polar surface area (TPSA) is 515 Å². The molecule has 3 fully saturated rings. The number of aliphatic hydroxyl groups excluding tert-OH is 9. The van der Waals surface area contributed by atoms with Crippen LogP contribution in [0.15, 0.2) is 30.3 Å². The SMILES string of the molecule is C1CNCCN1.CN1CCN(CCCN)CC1.NCC(N)CO.NCC(O)CO.NCCCCCCO.NCCCCCO.NCCCCO.NCCCO.NCCN(CCO)CCO.NCCN1CCCCC1.NCCOc1ccccc1. The van der Waals surface area contributed by atoms with E-state index in [1.54, 1.807) is 0 Å². The molecule has 512 valence electrons. The van der Waals surface area contributed by atoms with Crippen LogP contribution in [0.2, 0.25) is 0 Å². The Kier molecular flexibility index (Phi) is 105. The third-order valence-corrected chi connectivity index (χ3v) is 11.5. The lowest BCUT2D eigenvalue weighted by atomic mass is 10.1. The second kappa shape index (κ2) is 92.1. The zero-order chi connectivity index (χ0) is 64.6. The molecule has 0 aromatic heterocycles. The largest absolute Gasteiger partial charge is 0.492 e. The van der Waals surface area contributed by atoms with Gasteiger partial charge in [0.2, 0.25) is 0 Å². The standard InChI is InChI=1S/C8H19N3.C8H11NO.C7H16N2.C6H16N2O2.C6H15NO.C5H13NO.C4H10N2.C4H11NO.C3H10N2O.C3H9NO2.C3H9NO/c1-10-5-7-11(8-6-10)4-2-3-9;9-6-7-10-8-4-2-1-3-5-8;8-4-7-9-5-2-1-3-6-9;7-1-2-8(3-5-9)4-6-10;7-5-3-1-2-4-6-8;6-4-2-1-3-5-7;1-2-6-4-3-5-1;5-3-1-2-4-6;4-1-3(5)2-6;4-1-3(6)2-5;4-2-1-3-5/h2-9H2,1H3;1-5H,6-7,9H2;1-8H2;9-10H,1-7H2;8H,1-7H2;7H,1-6H2;5-6H,1-4H2;6H,1-5H2;3,6H,1-2,4-5H2;3,5-6H,1-2,4H2;5H,1-4H2. The molecule has 0 spiro atoms. The summed E-state index contributed by atoms with van der Waals surface area (Å²) in [5.74, 6) is 0.882. The molecule has 84 heavy (non-hydrogen) atoms. The zero-order valence-corrected chi connectivity index (χ0v) is 53.1. The van der Waals surface area contributed by atoms with Crippen LogP contribution in [-0.4, -0.2) is 308 Å². The molecule has 1 aromatic carbocycles. The Labute approximate surface area is 510 Å². The first-order chi connectivity index (χ1) is 40.8. The van der Waals surface area contributed by atoms with Crippen molar-refractivity contribution in [3.8, 4) is 5.75 Å². The third-order valence-electron chi connectivity index (χ3n) is 11.5. The number of nitrogens with one attached hydrogen (secondary N) is 2. The van der Waals surface area contributed by atoms with E-state index in [1.807, 2.05) is 35.2 Å². The monoisotopic (exact) mass is 1220 g/mol. The molecule has 0 amide bonds. The molecule has 2 atom stereocenters. The van der Waals surface area contributed by atoms with Crippen LogP contribution in [0.1, 0.15) is 89.9 Å². The second-order valence-electron chi connectivity index (χ2n) is 19.3. The molecule has 0 bridgehead atoms. The Bertz CT molecular complexity index is 1120. The van der Waals surface area contributed by atoms with E-state index in [-0.39, 0.29) is 52.2 Å². The van der Waals surface area contributed by atoms with Gasteiger partial charge in [0.25, 0.3) is 0 Å². The van der Waals surface area contributed by atoms with Gasteiger partial charge in [-0.05, 0) is 142 Å². The number of nitrogens with two attached hydrogens (primary N) is 11. The lowest BCUT2D eigenvalue weighted by molar-refractivity contribution is 0.102. The first-order valence-corrected chi connectivity index (χ1v) is 31.1. The molecule has 3 saturated heterocycles. The van der Waals surface area contributed by atoms with Crippen LogP contribution in [0.5, 0.6) is 5.75 Å². The first-order valence-electron chi connectivity index (χ1n) is 31.1. The van der Waals surface area contributed by atoms with Gasteiger partial charge >= 0.3 is 0 Å². The van der Waals surface area contributed by atoms with Crippen molar-refractivity contribution < 1.29 is 50.7 Å². The van der Waals surface area contributed by atoms with Gasteiger partial charge in [0, 0.05) is 144 Å². The number of unbranched alkanes of at least 4 members (excludes halogenated alkanes) is 6. The number of ether oxygens (including phenoxy) is 1. The average Bonchev–Trinajstić information content (AvgIpc) is 3.54. The van der Waals surface area contributed by atoms with Gasteiger partial charge in [-0.3, -0.25) is 4.90 Å². The van der Waals surface area contributed by atoms with E-state index in [2.05, 4.69) is 32.4 Å². The number of nitrogens with zero attached hydrogens (tertiary/aromatic N) is 4. The summed E-state index contributed by atoms with van der Waals surface area (Å²) < 4.78 is 5.23. The van der Waals surface area contributed by atoms with Crippen LogP contribution < -0.4 is 78.4 Å². The van der Waals surface area contributed by atoms with Gasteiger partial charge in [-0.2, -0.15) is 0 Å². The molecule has 33 N–H and O–H groups in total. The van der Waals surface area contributed by atoms with Crippen LogP contribution in [0.3, 0.4) is 0 Å². The number of benzene rings is 1. The van der Waals surface area contributed by atoms with Crippen molar-refractivity contribution in [2.75, 3.05) is 230 Å². The zero-order valence-electron chi connectivity index (χ0n) is 53.1. The van der Waals surface area contributed by atoms with E-state index >= 15 is 0 Å². The van der Waals surface area contributed by atoms with Crippen molar-refractivity contribution in [1.82, 2.24) is 30.2 Å². The first kappa shape index (κ1) is 95.6. The number of piperidine rings is 1. The summed E-state index contributed by atoms with van der Waals surface area (Å²) in [6.45, 7) is 24.0. The number of hydrogen-bond acceptors (Lipinski definition) is 27. The summed E-state index contributed by atoms with van der Waals surface area (Å²) in [6.07, 6.45) is 14.4. The molecule has 0 radical (unpaired) electrons. The van der Waals surface area contributed by atoms with E-state index < -0.39 is 6.10 Å². The molecule has 3 aliphatic rings. The minimum absolute atomic E-state index is 0.0174. The molecular formula is C57H139N17O10. The predicted octanol–water partition coefficient (Wildman–Crippen LogP) is -5.34. The Balaban J connectivity index is -0.000000157. The number of likely N-dealkylation sites (N-methyl/N-ethyl adjacent to an activating group) is 1. The van der Waals surface area contributed by atoms with Gasteiger partial charge in [0.1, 0.15) is 12.4 Å². The van der Waals surface area contributed by atoms with Crippen LogP contribution >= 0.6 is 0 Å². The highest BCUT2D eigenvalue weighted by Crippen LogP contribution is 2.08. The van der Waals surface area contributed by atoms with Gasteiger partial charge in [0.05, 0.1) is 32.5 Å². The molecule has 3 aliphatic heterocycles. The third kappa shape index (κ3) is 96.3. The molecule has 1 aromatic rings. The lowest BCUT2D eigenvalue weighted by Gasteiger charge is -2.32. The minimum Gasteiger partial charge on any atom is -0.492 e. The fourth-order valence-corrected chi connectivity index (χ4v) is 6.39. The second-order valence-corrected chi connectivity index (χ2v) is 19.3. The summed E-state index contributed by atoms with van der Waals surface area (Å²) in [5.41, 5.74) is 56.9. The highest BCUT2D eigenvalue weighted by molar-refractivity contribution is 5.20. The Morgan fingerprint density at radius 1 is 0.452 bits per heavy atom. The van der Waals surface area contributed by atoms with E-state index in [1.165, 1.54) is 65.1 Å². The quantitative estimate of drug-likeness (QED) is 0.0300. The maximum Gasteiger partial charge on any atom is 0.119 e. The highest BCUT2D eigenvalue weighted by Gasteiger charge is 2.12. The Morgan fingerprint density at radius 3 is 1.21 bits per heavy atom. The Morgan fingerprint density at radius 2 is 0.893 bits per heavy atom. The molecule has 0 saturated carbocycles. The van der Waals surface area contributed by atoms with Gasteiger partial charge in [-0.15, -0.1) is 0 Å². The van der Waals surface area contributed by atoms with E-state index in [4.69, 9.17) is 114 Å². The van der Waals surface area contributed by atoms with Gasteiger partial charge in [-0.25, -0.2) is 0 Å². The smallest absolute Gasteiger partial charge is 0.119 e. The van der Waals surface area contributed by atoms with Crippen LogP contribution in [0.25, 0.3) is 0 Å². The molecule has 4 rings (SSSR count). The number of rotatable bonds is 32. The van der Waals surface area contributed by atoms with Crippen molar-refractivity contribution in [2.24, 2.45) is 63.1 Å². The highest BCUT2D eigenvalue weighted by atomic mass is 16.5. The van der Waals surface area contributed by atoms with E-state index in [0.717, 1.165) is 142 Å². The van der Waals surface area contributed by atoms with Crippen LogP contribution in [-0.2, 0) is 0 Å². The van der Waals surface area contributed by atoms with Gasteiger partial charge < -0.3 is 139 Å². The van der Waals surface area contributed by atoms with Crippen molar-refractivity contribution >= 4 is 0 Å². The summed E-state index contributed by atoms with van der Waals surface area (Å²) >= 11 is 0. The average molecular weight is 1220 g/mol. The molecule has 2 unspecified atom stereocenters. The normalized spacial score (nSPS) is 14.4. The molecule has 3 heterocycles. The minimum atomic E-state index is -0.731. The maximum atomic E-state index is 8.53. The van der Waals surface area contributed by atoms with Gasteiger partial charge in [0.15, 0.2) is 0 Å². The maximum absolute atomic E-state index is 8.53. The summed E-state index contributed by atoms with van der Waals surface area (Å²) in [5, 5.41) is 80.6. The number of hydrogen-bond donors (Lipinski definition) is 22. The Hall–Kier alpha value is -2.02. The molecular weight excluding hydrogens is 1080 g/mol. The van der Waals surface area contributed by atoms with E-state index in [9.17, 15) is 0 Å². The predicted molar refractivity (Wildman–Crippen MR) is 350 cm³/mol. The summed E-state index contributed by atoms with van der Waals surface area (Å²) in [4.78, 5) is 9.23. The number of para-hydroxylation sites is 1. The number of likely N-dealkylation sites (tertiary alicyclic amines) is 1. The van der Waals surface area contributed by atoms with Gasteiger partial charge in [-0.1, -0.05) is 37.5 Å². The van der Waals surface area contributed by atoms with Crippen molar-refractivity contribution in [3.05, 3.63) is 30.3 Å². The van der Waals surface area contributed by atoms with Crippen molar-refractivity contribution in [2.45, 2.75) is 102 Å².